The lowest BCUT2D eigenvalue weighted by atomic mass is 10.2. The average molecular weight is 294 g/mol. The Balaban J connectivity index is 0.000000276. The van der Waals surface area contributed by atoms with Crippen molar-refractivity contribution in [3.8, 4) is 0 Å². The van der Waals surface area contributed by atoms with Crippen LogP contribution in [0, 0.1) is 6.92 Å². The van der Waals surface area contributed by atoms with Crippen LogP contribution < -0.4 is 0 Å². The highest BCUT2D eigenvalue weighted by atomic mass is 32.2. The normalized spacial score (nSPS) is 10.8. The molecule has 1 aromatic heterocycles. The smallest absolute Gasteiger partial charge is 0.265 e. The third kappa shape index (κ3) is 5.92. The van der Waals surface area contributed by atoms with Crippen LogP contribution in [-0.2, 0) is 14.4 Å². The molecule has 0 unspecified atom stereocenters. The molecule has 108 valence electrons. The van der Waals surface area contributed by atoms with Crippen molar-refractivity contribution in [1.82, 2.24) is 10.0 Å². The standard InChI is InChI=1S/C9H13NO3S.C5H5N/c1-8-4-6-9(7-5-8)14(11,12)13-10(2)3;1-2-4-6-5-3-1/h4-7H,1-3H3;1-5H. The van der Waals surface area contributed by atoms with E-state index in [1.165, 1.54) is 26.2 Å². The van der Waals surface area contributed by atoms with Crippen LogP contribution in [0.25, 0.3) is 0 Å². The molecule has 1 aromatic carbocycles. The molecule has 5 nitrogen and oxygen atoms in total. The van der Waals surface area contributed by atoms with Crippen molar-refractivity contribution in [1.29, 1.82) is 0 Å². The lowest BCUT2D eigenvalue weighted by Crippen LogP contribution is -2.18. The van der Waals surface area contributed by atoms with Gasteiger partial charge in [0.15, 0.2) is 0 Å². The minimum absolute atomic E-state index is 0.164. The van der Waals surface area contributed by atoms with Crippen molar-refractivity contribution in [3.63, 3.8) is 0 Å². The molecule has 0 spiro atoms. The molecule has 0 aliphatic rings. The van der Waals surface area contributed by atoms with Crippen LogP contribution in [0.1, 0.15) is 5.56 Å². The highest BCUT2D eigenvalue weighted by Gasteiger charge is 2.15. The summed E-state index contributed by atoms with van der Waals surface area (Å²) in [7, 11) is -0.611. The average Bonchev–Trinajstić information content (AvgIpc) is 2.40. The topological polar surface area (TPSA) is 59.5 Å². The van der Waals surface area contributed by atoms with E-state index in [0.29, 0.717) is 0 Å². The first-order chi connectivity index (χ1) is 9.42. The first kappa shape index (κ1) is 16.3. The van der Waals surface area contributed by atoms with Crippen LogP contribution >= 0.6 is 0 Å². The van der Waals surface area contributed by atoms with Gasteiger partial charge < -0.3 is 0 Å². The van der Waals surface area contributed by atoms with Gasteiger partial charge in [0.05, 0.1) is 4.90 Å². The number of hydroxylamine groups is 2. The molecule has 0 radical (unpaired) electrons. The van der Waals surface area contributed by atoms with Crippen molar-refractivity contribution >= 4 is 10.1 Å². The molecule has 20 heavy (non-hydrogen) atoms. The second kappa shape index (κ2) is 7.74. The highest BCUT2D eigenvalue weighted by molar-refractivity contribution is 7.86. The van der Waals surface area contributed by atoms with Crippen molar-refractivity contribution < 1.29 is 12.7 Å². The molecular formula is C14H18N2O3S. The predicted molar refractivity (Wildman–Crippen MR) is 77.4 cm³/mol. The summed E-state index contributed by atoms with van der Waals surface area (Å²) >= 11 is 0. The van der Waals surface area contributed by atoms with Gasteiger partial charge in [0.25, 0.3) is 0 Å². The van der Waals surface area contributed by atoms with Crippen molar-refractivity contribution in [3.05, 3.63) is 60.4 Å². The van der Waals surface area contributed by atoms with Crippen LogP contribution in [0.15, 0.2) is 59.8 Å². The number of benzene rings is 1. The number of aryl methyl sites for hydroxylation is 1. The van der Waals surface area contributed by atoms with Crippen molar-refractivity contribution in [2.24, 2.45) is 0 Å². The molecule has 0 saturated heterocycles. The van der Waals surface area contributed by atoms with Gasteiger partial charge in [0.2, 0.25) is 0 Å². The highest BCUT2D eigenvalue weighted by Crippen LogP contribution is 2.13. The van der Waals surface area contributed by atoms with Crippen molar-refractivity contribution in [2.45, 2.75) is 11.8 Å². The van der Waals surface area contributed by atoms with E-state index < -0.39 is 10.1 Å². The largest absolute Gasteiger partial charge is 0.313 e. The van der Waals surface area contributed by atoms with Gasteiger partial charge in [-0.05, 0) is 31.2 Å². The SMILES string of the molecule is Cc1ccc(S(=O)(=O)ON(C)C)cc1.c1ccncc1. The maximum atomic E-state index is 11.5. The molecule has 0 saturated carbocycles. The fourth-order valence-electron chi connectivity index (χ4n) is 1.26. The molecule has 1 heterocycles. The zero-order valence-electron chi connectivity index (χ0n) is 11.7. The lowest BCUT2D eigenvalue weighted by Gasteiger charge is -2.10. The first-order valence-corrected chi connectivity index (χ1v) is 7.36. The van der Waals surface area contributed by atoms with Crippen LogP contribution in [-0.4, -0.2) is 32.6 Å². The molecule has 0 aliphatic heterocycles. The summed E-state index contributed by atoms with van der Waals surface area (Å²) < 4.78 is 27.6. The van der Waals surface area contributed by atoms with E-state index in [9.17, 15) is 8.42 Å². The molecule has 0 fully saturated rings. The predicted octanol–water partition coefficient (Wildman–Crippen LogP) is 2.26. The molecular weight excluding hydrogens is 276 g/mol. The van der Waals surface area contributed by atoms with Gasteiger partial charge in [-0.15, -0.1) is 0 Å². The van der Waals surface area contributed by atoms with E-state index in [1.54, 1.807) is 24.5 Å². The monoisotopic (exact) mass is 294 g/mol. The molecule has 6 heteroatoms. The summed E-state index contributed by atoms with van der Waals surface area (Å²) in [5.41, 5.74) is 1.01. The Hall–Kier alpha value is -1.76. The lowest BCUT2D eigenvalue weighted by molar-refractivity contribution is 0.00514. The molecule has 0 aliphatic carbocycles. The summed E-state index contributed by atoms with van der Waals surface area (Å²) in [5, 5.41) is 1.15. The fourth-order valence-corrected chi connectivity index (χ4v) is 2.20. The Kier molecular flexibility index (Phi) is 6.30. The maximum absolute atomic E-state index is 11.5. The third-order valence-corrected chi connectivity index (χ3v) is 3.47. The van der Waals surface area contributed by atoms with Crippen molar-refractivity contribution in [2.75, 3.05) is 14.1 Å². The molecule has 0 amide bonds. The van der Waals surface area contributed by atoms with E-state index in [0.717, 1.165) is 10.6 Å². The van der Waals surface area contributed by atoms with Gasteiger partial charge in [-0.1, -0.05) is 23.8 Å². The van der Waals surface area contributed by atoms with Gasteiger partial charge in [0.1, 0.15) is 0 Å². The van der Waals surface area contributed by atoms with Gasteiger partial charge in [-0.25, -0.2) is 0 Å². The van der Waals surface area contributed by atoms with Crippen LogP contribution in [0.4, 0.5) is 0 Å². The molecule has 0 atom stereocenters. The summed E-state index contributed by atoms with van der Waals surface area (Å²) in [4.78, 5) is 3.95. The number of nitrogens with zero attached hydrogens (tertiary/aromatic N) is 2. The van der Waals surface area contributed by atoms with Crippen LogP contribution in [0.3, 0.4) is 0 Å². The second-order valence-electron chi connectivity index (χ2n) is 4.18. The van der Waals surface area contributed by atoms with Gasteiger partial charge in [-0.3, -0.25) is 4.98 Å². The molecule has 0 N–H and O–H groups in total. The minimum Gasteiger partial charge on any atom is -0.265 e. The minimum atomic E-state index is -3.65. The van der Waals surface area contributed by atoms with E-state index in [2.05, 4.69) is 9.27 Å². The van der Waals surface area contributed by atoms with E-state index in [1.807, 2.05) is 25.1 Å². The van der Waals surface area contributed by atoms with Gasteiger partial charge in [-0.2, -0.15) is 17.8 Å². The number of pyridine rings is 1. The quantitative estimate of drug-likeness (QED) is 0.813. The number of aromatic nitrogens is 1. The maximum Gasteiger partial charge on any atom is 0.313 e. The Bertz CT molecular complexity index is 569. The van der Waals surface area contributed by atoms with E-state index in [4.69, 9.17) is 0 Å². The Morgan fingerprint density at radius 3 is 1.90 bits per heavy atom. The Morgan fingerprint density at radius 2 is 1.55 bits per heavy atom. The summed E-state index contributed by atoms with van der Waals surface area (Å²) in [6, 6.07) is 12.2. The number of hydrogen-bond donors (Lipinski definition) is 0. The van der Waals surface area contributed by atoms with Crippen LogP contribution in [0.5, 0.6) is 0 Å². The molecule has 2 aromatic rings. The summed E-state index contributed by atoms with van der Waals surface area (Å²) in [6.45, 7) is 1.89. The van der Waals surface area contributed by atoms with E-state index >= 15 is 0 Å². The Labute approximate surface area is 119 Å². The Morgan fingerprint density at radius 1 is 1.00 bits per heavy atom. The molecule has 2 rings (SSSR count). The van der Waals surface area contributed by atoms with Crippen LogP contribution in [0.2, 0.25) is 0 Å². The zero-order chi connectivity index (χ0) is 15.0. The zero-order valence-corrected chi connectivity index (χ0v) is 12.5. The van der Waals surface area contributed by atoms with Gasteiger partial charge >= 0.3 is 10.1 Å². The number of rotatable bonds is 3. The summed E-state index contributed by atoms with van der Waals surface area (Å²) in [6.07, 6.45) is 3.50. The molecule has 0 bridgehead atoms. The fraction of sp³-hybridized carbons (Fsp3) is 0.214. The first-order valence-electron chi connectivity index (χ1n) is 5.95. The van der Waals surface area contributed by atoms with Gasteiger partial charge in [0, 0.05) is 26.5 Å². The second-order valence-corrected chi connectivity index (χ2v) is 5.71. The van der Waals surface area contributed by atoms with E-state index in [-0.39, 0.29) is 4.90 Å². The third-order valence-electron chi connectivity index (χ3n) is 2.12. The number of hydrogen-bond acceptors (Lipinski definition) is 5. The summed E-state index contributed by atoms with van der Waals surface area (Å²) in [5.74, 6) is 0.